The van der Waals surface area contributed by atoms with E-state index in [-0.39, 0.29) is 0 Å². The summed E-state index contributed by atoms with van der Waals surface area (Å²) in [7, 11) is 0. The van der Waals surface area contributed by atoms with Gasteiger partial charge in [0.1, 0.15) is 11.0 Å². The smallest absolute Gasteiger partial charge is 0.334 e. The van der Waals surface area contributed by atoms with Crippen LogP contribution in [0.2, 0.25) is 0 Å². The van der Waals surface area contributed by atoms with Gasteiger partial charge >= 0.3 is 5.97 Å². The lowest BCUT2D eigenvalue weighted by atomic mass is 9.77. The van der Waals surface area contributed by atoms with Crippen molar-refractivity contribution in [3.63, 3.8) is 0 Å². The second-order valence-electron chi connectivity index (χ2n) is 3.75. The van der Waals surface area contributed by atoms with E-state index in [9.17, 15) is 9.59 Å². The number of hydrogen-bond donors (Lipinski definition) is 1. The Balaban J connectivity index is 4.78. The molecule has 5 nitrogen and oxygen atoms in total. The Morgan fingerprint density at radius 2 is 1.77 bits per heavy atom. The highest BCUT2D eigenvalue weighted by atomic mass is 16.7. The molecule has 0 fully saturated rings. The van der Waals surface area contributed by atoms with Gasteiger partial charge < -0.3 is 9.57 Å². The first-order valence-electron chi connectivity index (χ1n) is 3.82. The molecule has 0 aromatic carbocycles. The Bertz CT molecular complexity index is 210. The van der Waals surface area contributed by atoms with Crippen molar-refractivity contribution in [2.45, 2.75) is 33.3 Å². The number of carbonyl (C=O) groups is 2. The molecule has 0 aliphatic carbocycles. The Kier molecular flexibility index (Phi) is 3.42. The zero-order chi connectivity index (χ0) is 10.7. The Labute approximate surface area is 77.1 Å². The van der Waals surface area contributed by atoms with E-state index in [0.29, 0.717) is 6.47 Å². The Morgan fingerprint density at radius 1 is 1.31 bits per heavy atom. The summed E-state index contributed by atoms with van der Waals surface area (Å²) in [6.07, 6.45) is 0. The van der Waals surface area contributed by atoms with Crippen LogP contribution < -0.4 is 5.90 Å². The first-order chi connectivity index (χ1) is 5.79. The molecule has 0 aromatic heterocycles. The number of nitrogens with two attached hydrogens (primary N) is 1. The molecule has 0 radical (unpaired) electrons. The number of hydrogen-bond acceptors (Lipinski definition) is 5. The summed E-state index contributed by atoms with van der Waals surface area (Å²) in [4.78, 5) is 25.5. The largest absolute Gasteiger partial charge is 0.461 e. The van der Waals surface area contributed by atoms with Gasteiger partial charge in [-0.3, -0.25) is 4.79 Å². The molecule has 0 aromatic rings. The first kappa shape index (κ1) is 11.9. The predicted molar refractivity (Wildman–Crippen MR) is 45.3 cm³/mol. The van der Waals surface area contributed by atoms with Crippen LogP contribution >= 0.6 is 0 Å². The lowest BCUT2D eigenvalue weighted by Crippen LogP contribution is -2.48. The highest BCUT2D eigenvalue weighted by Gasteiger charge is 2.46. The molecule has 0 amide bonds. The summed E-state index contributed by atoms with van der Waals surface area (Å²) in [5.74, 6) is 4.13. The lowest BCUT2D eigenvalue weighted by Gasteiger charge is -2.36. The van der Waals surface area contributed by atoms with Crippen LogP contribution in [0, 0.1) is 5.41 Å². The molecule has 5 heteroatoms. The van der Waals surface area contributed by atoms with E-state index in [4.69, 9.17) is 10.6 Å². The molecular weight excluding hydrogens is 174 g/mol. The van der Waals surface area contributed by atoms with Crippen LogP contribution in [0.5, 0.6) is 0 Å². The molecule has 0 saturated heterocycles. The Hall–Kier alpha value is -1.10. The fourth-order valence-corrected chi connectivity index (χ4v) is 0.661. The molecule has 0 atom stereocenters. The maximum Gasteiger partial charge on any atom is 0.334 e. The average Bonchev–Trinajstić information content (AvgIpc) is 2.02. The fourth-order valence-electron chi connectivity index (χ4n) is 0.661. The minimum Gasteiger partial charge on any atom is -0.461 e. The van der Waals surface area contributed by atoms with Crippen LogP contribution in [0.4, 0.5) is 0 Å². The van der Waals surface area contributed by atoms with Crippen molar-refractivity contribution >= 4 is 12.4 Å². The zero-order valence-corrected chi connectivity index (χ0v) is 8.29. The third-order valence-electron chi connectivity index (χ3n) is 2.47. The van der Waals surface area contributed by atoms with Crippen LogP contribution in [0.1, 0.15) is 27.7 Å². The minimum absolute atomic E-state index is 0.297. The van der Waals surface area contributed by atoms with Gasteiger partial charge in [-0.15, -0.1) is 0 Å². The van der Waals surface area contributed by atoms with E-state index in [0.717, 1.165) is 0 Å². The van der Waals surface area contributed by atoms with Gasteiger partial charge in [0.15, 0.2) is 0 Å². The van der Waals surface area contributed by atoms with Crippen LogP contribution in [0.3, 0.4) is 0 Å². The maximum atomic E-state index is 11.2. The molecular formula is C8H15NO4. The molecule has 0 rings (SSSR count). The van der Waals surface area contributed by atoms with E-state index in [2.05, 4.69) is 4.84 Å². The van der Waals surface area contributed by atoms with Crippen LogP contribution in [0.25, 0.3) is 0 Å². The lowest BCUT2D eigenvalue weighted by molar-refractivity contribution is -0.176. The van der Waals surface area contributed by atoms with Crippen molar-refractivity contribution in [1.29, 1.82) is 0 Å². The third-order valence-corrected chi connectivity index (χ3v) is 2.47. The van der Waals surface area contributed by atoms with E-state index >= 15 is 0 Å². The van der Waals surface area contributed by atoms with Crippen LogP contribution in [-0.2, 0) is 19.2 Å². The van der Waals surface area contributed by atoms with E-state index < -0.39 is 17.0 Å². The van der Waals surface area contributed by atoms with Crippen molar-refractivity contribution in [3.05, 3.63) is 0 Å². The number of ether oxygens (including phenoxy) is 1. The molecule has 0 unspecified atom stereocenters. The standard InChI is InChI=1S/C8H15NO4/c1-7(2,6(11)13-9)8(3,4)12-5-10/h5H,9H2,1-4H3. The summed E-state index contributed by atoms with van der Waals surface area (Å²) in [6, 6.07) is 0. The van der Waals surface area contributed by atoms with Gasteiger partial charge in [0.05, 0.1) is 0 Å². The summed E-state index contributed by atoms with van der Waals surface area (Å²) in [6.45, 7) is 6.69. The highest BCUT2D eigenvalue weighted by Crippen LogP contribution is 2.34. The average molecular weight is 189 g/mol. The molecule has 2 N–H and O–H groups in total. The molecule has 0 heterocycles. The summed E-state index contributed by atoms with van der Waals surface area (Å²) in [5.41, 5.74) is -1.94. The van der Waals surface area contributed by atoms with Crippen molar-refractivity contribution in [2.75, 3.05) is 0 Å². The summed E-state index contributed by atoms with van der Waals surface area (Å²) in [5, 5.41) is 0. The van der Waals surface area contributed by atoms with Crippen molar-refractivity contribution in [1.82, 2.24) is 0 Å². The van der Waals surface area contributed by atoms with E-state index in [1.165, 1.54) is 0 Å². The molecule has 0 aliphatic heterocycles. The van der Waals surface area contributed by atoms with Gasteiger partial charge in [0, 0.05) is 0 Å². The summed E-state index contributed by atoms with van der Waals surface area (Å²) < 4.78 is 4.78. The van der Waals surface area contributed by atoms with Crippen LogP contribution in [0.15, 0.2) is 0 Å². The molecule has 13 heavy (non-hydrogen) atoms. The SMILES string of the molecule is CC(C)(OC=O)C(C)(C)C(=O)ON. The normalized spacial score (nSPS) is 12.1. The topological polar surface area (TPSA) is 78.6 Å². The number of carbonyl (C=O) groups excluding carboxylic acids is 2. The second kappa shape index (κ2) is 3.74. The monoisotopic (exact) mass is 189 g/mol. The van der Waals surface area contributed by atoms with Crippen molar-refractivity contribution in [2.24, 2.45) is 11.3 Å². The van der Waals surface area contributed by atoms with Gasteiger partial charge in [-0.05, 0) is 27.7 Å². The molecule has 0 aliphatic rings. The van der Waals surface area contributed by atoms with E-state index in [1.54, 1.807) is 27.7 Å². The first-order valence-corrected chi connectivity index (χ1v) is 3.82. The van der Waals surface area contributed by atoms with Gasteiger partial charge in [0.2, 0.25) is 0 Å². The number of rotatable bonds is 4. The minimum atomic E-state index is -0.983. The Morgan fingerprint density at radius 3 is 2.08 bits per heavy atom. The second-order valence-corrected chi connectivity index (χ2v) is 3.75. The van der Waals surface area contributed by atoms with Crippen molar-refractivity contribution < 1.29 is 19.2 Å². The third kappa shape index (κ3) is 2.18. The van der Waals surface area contributed by atoms with Gasteiger partial charge in [0.25, 0.3) is 6.47 Å². The van der Waals surface area contributed by atoms with Gasteiger partial charge in [-0.1, -0.05) is 0 Å². The predicted octanol–water partition coefficient (Wildman–Crippen LogP) is 0.381. The van der Waals surface area contributed by atoms with Gasteiger partial charge in [-0.2, -0.15) is 5.90 Å². The maximum absolute atomic E-state index is 11.2. The highest BCUT2D eigenvalue weighted by molar-refractivity contribution is 5.77. The zero-order valence-electron chi connectivity index (χ0n) is 8.29. The van der Waals surface area contributed by atoms with Crippen LogP contribution in [-0.4, -0.2) is 18.0 Å². The molecule has 0 spiro atoms. The van der Waals surface area contributed by atoms with Crippen molar-refractivity contribution in [3.8, 4) is 0 Å². The fraction of sp³-hybridized carbons (Fsp3) is 0.750. The molecule has 76 valence electrons. The summed E-state index contributed by atoms with van der Waals surface area (Å²) >= 11 is 0. The molecule has 0 bridgehead atoms. The quantitative estimate of drug-likeness (QED) is 0.511. The van der Waals surface area contributed by atoms with Gasteiger partial charge in [-0.25, -0.2) is 4.79 Å². The van der Waals surface area contributed by atoms with E-state index in [1.807, 2.05) is 0 Å². The molecule has 0 saturated carbocycles.